The van der Waals surface area contributed by atoms with E-state index < -0.39 is 0 Å². The number of amides is 2. The molecule has 0 saturated heterocycles. The quantitative estimate of drug-likeness (QED) is 0.269. The molecule has 1 rings (SSSR count). The predicted molar refractivity (Wildman–Crippen MR) is 103 cm³/mol. The fourth-order valence-corrected chi connectivity index (χ4v) is 3.35. The Kier molecular flexibility index (Phi) is 12.9. The highest BCUT2D eigenvalue weighted by Gasteiger charge is 2.21. The summed E-state index contributed by atoms with van der Waals surface area (Å²) in [5, 5.41) is 0. The van der Waals surface area contributed by atoms with Crippen LogP contribution in [0.4, 0.5) is 0 Å². The smallest absolute Gasteiger partial charge is 0.253 e. The Morgan fingerprint density at radius 2 is 0.917 bits per heavy atom. The minimum Gasteiger partial charge on any atom is -0.275 e. The van der Waals surface area contributed by atoms with E-state index in [1.165, 1.54) is 94.1 Å². The molecule has 2 amide bonds. The van der Waals surface area contributed by atoms with E-state index in [0.29, 0.717) is 6.54 Å². The Hall–Kier alpha value is -0.770. The zero-order chi connectivity index (χ0) is 17.5. The van der Waals surface area contributed by atoms with Crippen LogP contribution in [-0.2, 0) is 9.59 Å². The second-order valence-electron chi connectivity index (χ2n) is 6.82. The standard InChI is InChI=1S/C20H34NO2S/c22-19-15-16-20(23)21(19)17-13-11-9-7-5-3-1-2-4-6-8-10-12-14-18-24/h15-16H,1-14,17-18H2. The zero-order valence-electron chi connectivity index (χ0n) is 15.1. The summed E-state index contributed by atoms with van der Waals surface area (Å²) in [5.41, 5.74) is 0. The van der Waals surface area contributed by atoms with Gasteiger partial charge in [-0.3, -0.25) is 14.5 Å². The van der Waals surface area contributed by atoms with Crippen LogP contribution in [0.25, 0.3) is 0 Å². The van der Waals surface area contributed by atoms with Gasteiger partial charge in [-0.25, -0.2) is 0 Å². The van der Waals surface area contributed by atoms with Crippen LogP contribution < -0.4 is 0 Å². The fourth-order valence-electron chi connectivity index (χ4n) is 3.14. The van der Waals surface area contributed by atoms with Crippen LogP contribution in [0.3, 0.4) is 0 Å². The fraction of sp³-hybridized carbons (Fsp3) is 0.800. The molecule has 24 heavy (non-hydrogen) atoms. The molecule has 0 atom stereocenters. The molecular weight excluding hydrogens is 318 g/mol. The largest absolute Gasteiger partial charge is 0.275 e. The monoisotopic (exact) mass is 352 g/mol. The molecule has 1 aliphatic heterocycles. The summed E-state index contributed by atoms with van der Waals surface area (Å²) in [4.78, 5) is 24.1. The molecule has 0 aliphatic carbocycles. The first kappa shape index (κ1) is 21.3. The molecule has 0 spiro atoms. The van der Waals surface area contributed by atoms with Gasteiger partial charge in [-0.15, -0.1) is 0 Å². The van der Waals surface area contributed by atoms with Gasteiger partial charge in [0.1, 0.15) is 0 Å². The molecule has 0 unspecified atom stereocenters. The van der Waals surface area contributed by atoms with Crippen LogP contribution >= 0.6 is 12.6 Å². The maximum atomic E-state index is 11.4. The predicted octanol–water partition coefficient (Wildman–Crippen LogP) is 5.57. The normalized spacial score (nSPS) is 14.1. The summed E-state index contributed by atoms with van der Waals surface area (Å²) in [7, 11) is 0. The van der Waals surface area contributed by atoms with E-state index >= 15 is 0 Å². The lowest BCUT2D eigenvalue weighted by Crippen LogP contribution is -2.30. The lowest BCUT2D eigenvalue weighted by atomic mass is 10.0. The van der Waals surface area contributed by atoms with Gasteiger partial charge in [0.05, 0.1) is 0 Å². The van der Waals surface area contributed by atoms with E-state index in [-0.39, 0.29) is 11.8 Å². The molecular formula is C20H34NO2S. The Morgan fingerprint density at radius 3 is 1.29 bits per heavy atom. The highest BCUT2D eigenvalue weighted by atomic mass is 32.1. The summed E-state index contributed by atoms with van der Waals surface area (Å²) < 4.78 is 0. The lowest BCUT2D eigenvalue weighted by molar-refractivity contribution is -0.136. The van der Waals surface area contributed by atoms with E-state index in [2.05, 4.69) is 0 Å². The van der Waals surface area contributed by atoms with Gasteiger partial charge in [0.2, 0.25) is 0 Å². The number of carbonyl (C=O) groups excluding carboxylic acids is 2. The molecule has 0 saturated carbocycles. The maximum absolute atomic E-state index is 11.4. The first-order chi connectivity index (χ1) is 11.8. The van der Waals surface area contributed by atoms with Crippen molar-refractivity contribution < 1.29 is 9.59 Å². The third-order valence-electron chi connectivity index (χ3n) is 4.68. The second kappa shape index (κ2) is 14.6. The Morgan fingerprint density at radius 1 is 0.583 bits per heavy atom. The summed E-state index contributed by atoms with van der Waals surface area (Å²) in [5.74, 6) is 0.617. The molecule has 1 heterocycles. The van der Waals surface area contributed by atoms with E-state index in [1.54, 1.807) is 0 Å². The van der Waals surface area contributed by atoms with Crippen LogP contribution in [0.5, 0.6) is 0 Å². The molecule has 0 aromatic heterocycles. The van der Waals surface area contributed by atoms with Gasteiger partial charge in [-0.1, -0.05) is 89.7 Å². The van der Waals surface area contributed by atoms with Gasteiger partial charge in [0.15, 0.2) is 0 Å². The van der Waals surface area contributed by atoms with Gasteiger partial charge in [-0.2, -0.15) is 0 Å². The molecule has 137 valence electrons. The van der Waals surface area contributed by atoms with Crippen molar-refractivity contribution in [3.05, 3.63) is 12.2 Å². The first-order valence-corrected chi connectivity index (χ1v) is 10.4. The van der Waals surface area contributed by atoms with Crippen molar-refractivity contribution >= 4 is 24.4 Å². The Bertz CT molecular complexity index is 364. The van der Waals surface area contributed by atoms with E-state index in [0.717, 1.165) is 18.6 Å². The highest BCUT2D eigenvalue weighted by Crippen LogP contribution is 2.13. The molecule has 4 heteroatoms. The SMILES string of the molecule is O=C1C=CC(=O)N1CCCCCCCCCCCCCCCC[S]. The third-order valence-corrected chi connectivity index (χ3v) is 4.97. The number of hydrogen-bond acceptors (Lipinski definition) is 2. The van der Waals surface area contributed by atoms with E-state index in [1.807, 2.05) is 0 Å². The molecule has 0 aromatic rings. The number of rotatable bonds is 16. The number of unbranched alkanes of at least 4 members (excludes halogenated alkanes) is 13. The number of hydrogen-bond donors (Lipinski definition) is 0. The zero-order valence-corrected chi connectivity index (χ0v) is 16.0. The second-order valence-corrected chi connectivity index (χ2v) is 7.22. The van der Waals surface area contributed by atoms with Crippen LogP contribution in [0.1, 0.15) is 89.9 Å². The minimum atomic E-state index is -0.152. The number of carbonyl (C=O) groups is 2. The van der Waals surface area contributed by atoms with Crippen LogP contribution in [-0.4, -0.2) is 29.0 Å². The van der Waals surface area contributed by atoms with Crippen molar-refractivity contribution in [1.29, 1.82) is 0 Å². The Labute approximate surface area is 153 Å². The molecule has 0 fully saturated rings. The molecule has 0 bridgehead atoms. The highest BCUT2D eigenvalue weighted by molar-refractivity contribution is 7.80. The lowest BCUT2D eigenvalue weighted by Gasteiger charge is -2.12. The third kappa shape index (κ3) is 10.2. The molecule has 1 aliphatic rings. The van der Waals surface area contributed by atoms with Crippen molar-refractivity contribution in [2.75, 3.05) is 12.3 Å². The van der Waals surface area contributed by atoms with Crippen LogP contribution in [0.15, 0.2) is 12.2 Å². The van der Waals surface area contributed by atoms with E-state index in [4.69, 9.17) is 12.6 Å². The van der Waals surface area contributed by atoms with Gasteiger partial charge in [0, 0.05) is 24.4 Å². The summed E-state index contributed by atoms with van der Waals surface area (Å²) in [6, 6.07) is 0. The van der Waals surface area contributed by atoms with Gasteiger partial charge >= 0.3 is 0 Å². The van der Waals surface area contributed by atoms with E-state index in [9.17, 15) is 9.59 Å². The Balaban J connectivity index is 1.75. The maximum Gasteiger partial charge on any atom is 0.253 e. The van der Waals surface area contributed by atoms with Crippen LogP contribution in [0, 0.1) is 0 Å². The minimum absolute atomic E-state index is 0.152. The van der Waals surface area contributed by atoms with Crippen LogP contribution in [0.2, 0.25) is 0 Å². The van der Waals surface area contributed by atoms with Crippen molar-refractivity contribution in [1.82, 2.24) is 4.90 Å². The summed E-state index contributed by atoms with van der Waals surface area (Å²) in [6.07, 6.45) is 20.8. The topological polar surface area (TPSA) is 37.4 Å². The first-order valence-electron chi connectivity index (χ1n) is 9.87. The number of imide groups is 1. The summed E-state index contributed by atoms with van der Waals surface area (Å²) >= 11 is 4.95. The average Bonchev–Trinajstić information content (AvgIpc) is 2.90. The average molecular weight is 353 g/mol. The van der Waals surface area contributed by atoms with Crippen molar-refractivity contribution in [3.63, 3.8) is 0 Å². The molecule has 3 nitrogen and oxygen atoms in total. The van der Waals surface area contributed by atoms with Crippen molar-refractivity contribution in [2.45, 2.75) is 89.9 Å². The van der Waals surface area contributed by atoms with Gasteiger partial charge in [0.25, 0.3) is 11.8 Å². The van der Waals surface area contributed by atoms with Crippen molar-refractivity contribution in [3.8, 4) is 0 Å². The van der Waals surface area contributed by atoms with Crippen molar-refractivity contribution in [2.24, 2.45) is 0 Å². The van der Waals surface area contributed by atoms with Gasteiger partial charge < -0.3 is 0 Å². The summed E-state index contributed by atoms with van der Waals surface area (Å²) in [6.45, 7) is 0.580. The van der Waals surface area contributed by atoms with Gasteiger partial charge in [-0.05, 0) is 12.8 Å². The molecule has 0 N–H and O–H groups in total. The number of nitrogens with zero attached hydrogens (tertiary/aromatic N) is 1. The molecule has 0 aromatic carbocycles. The molecule has 1 radical (unpaired) electrons.